The van der Waals surface area contributed by atoms with Gasteiger partial charge in [-0.05, 0) is 49.5 Å². The van der Waals surface area contributed by atoms with Gasteiger partial charge in [0.05, 0.1) is 6.10 Å². The lowest BCUT2D eigenvalue weighted by atomic mass is 9.98. The van der Waals surface area contributed by atoms with Gasteiger partial charge in [0.25, 0.3) is 0 Å². The van der Waals surface area contributed by atoms with Crippen LogP contribution in [0.15, 0.2) is 35.5 Å². The van der Waals surface area contributed by atoms with Crippen LogP contribution in [0.25, 0.3) is 0 Å². The van der Waals surface area contributed by atoms with Gasteiger partial charge in [0.1, 0.15) is 0 Å². The zero-order chi connectivity index (χ0) is 14.3. The van der Waals surface area contributed by atoms with Crippen LogP contribution in [0.2, 0.25) is 0 Å². The van der Waals surface area contributed by atoms with E-state index in [0.717, 1.165) is 24.5 Å². The van der Waals surface area contributed by atoms with E-state index in [9.17, 15) is 5.11 Å². The van der Waals surface area contributed by atoms with E-state index in [-0.39, 0.29) is 12.1 Å². The maximum atomic E-state index is 10.4. The Labute approximate surface area is 118 Å². The number of allylic oxidation sites excluding steroid dienone is 4. The predicted octanol–water partition coefficient (Wildman–Crippen LogP) is 3.59. The third-order valence-corrected chi connectivity index (χ3v) is 3.80. The first kappa shape index (κ1) is 16.2. The first-order chi connectivity index (χ1) is 9.20. The Kier molecular flexibility index (Phi) is 7.11. The van der Waals surface area contributed by atoms with Crippen molar-refractivity contribution in [1.29, 1.82) is 0 Å². The molecule has 2 heteroatoms. The van der Waals surface area contributed by atoms with Gasteiger partial charge < -0.3 is 10.4 Å². The third-order valence-electron chi connectivity index (χ3n) is 3.80. The minimum atomic E-state index is -0.367. The molecule has 1 aliphatic carbocycles. The summed E-state index contributed by atoms with van der Waals surface area (Å²) in [6, 6.07) is 0.215. The second-order valence-electron chi connectivity index (χ2n) is 5.26. The van der Waals surface area contributed by atoms with Crippen LogP contribution in [-0.4, -0.2) is 23.8 Å². The van der Waals surface area contributed by atoms with Crippen molar-refractivity contribution in [3.63, 3.8) is 0 Å². The van der Waals surface area contributed by atoms with Gasteiger partial charge in [-0.25, -0.2) is 0 Å². The molecule has 2 aliphatic rings. The summed E-state index contributed by atoms with van der Waals surface area (Å²) in [5, 5.41) is 13.9. The number of nitrogens with one attached hydrogen (secondary N) is 1. The molecule has 0 saturated carbocycles. The average molecular weight is 263 g/mol. The molecule has 0 bridgehead atoms. The molecule has 3 atom stereocenters. The van der Waals surface area contributed by atoms with Crippen molar-refractivity contribution < 1.29 is 5.11 Å². The van der Waals surface area contributed by atoms with Crippen LogP contribution in [0.5, 0.6) is 0 Å². The quantitative estimate of drug-likeness (QED) is 0.798. The van der Waals surface area contributed by atoms with Crippen molar-refractivity contribution in [3.8, 4) is 0 Å². The van der Waals surface area contributed by atoms with Gasteiger partial charge in [-0.15, -0.1) is 0 Å². The molecule has 0 radical (unpaired) electrons. The molecule has 1 saturated heterocycles. The first-order valence-corrected chi connectivity index (χ1v) is 7.68. The Morgan fingerprint density at radius 2 is 2.05 bits per heavy atom. The second-order valence-corrected chi connectivity index (χ2v) is 5.26. The first-order valence-electron chi connectivity index (χ1n) is 7.68. The van der Waals surface area contributed by atoms with E-state index in [1.54, 1.807) is 0 Å². The summed E-state index contributed by atoms with van der Waals surface area (Å²) < 4.78 is 0. The summed E-state index contributed by atoms with van der Waals surface area (Å²) in [4.78, 5) is 0. The van der Waals surface area contributed by atoms with Crippen molar-refractivity contribution in [2.45, 2.75) is 59.1 Å². The summed E-state index contributed by atoms with van der Waals surface area (Å²) in [5.41, 5.74) is 2.24. The molecule has 1 fully saturated rings. The Balaban J connectivity index is 0.000000861. The SMILES string of the molecule is C/C=C1/C=CC(C(O)C2CCCC(C)CN2)=C1.CC. The molecule has 0 aromatic heterocycles. The lowest BCUT2D eigenvalue weighted by Gasteiger charge is -2.23. The van der Waals surface area contributed by atoms with Gasteiger partial charge in [0.2, 0.25) is 0 Å². The zero-order valence-corrected chi connectivity index (χ0v) is 12.8. The van der Waals surface area contributed by atoms with Crippen LogP contribution >= 0.6 is 0 Å². The van der Waals surface area contributed by atoms with Gasteiger partial charge in [0, 0.05) is 6.04 Å². The van der Waals surface area contributed by atoms with E-state index in [4.69, 9.17) is 0 Å². The Morgan fingerprint density at radius 1 is 1.32 bits per heavy atom. The highest BCUT2D eigenvalue weighted by atomic mass is 16.3. The van der Waals surface area contributed by atoms with Crippen molar-refractivity contribution in [2.24, 2.45) is 5.92 Å². The molecule has 0 amide bonds. The minimum absolute atomic E-state index is 0.215. The third kappa shape index (κ3) is 4.63. The lowest BCUT2D eigenvalue weighted by molar-refractivity contribution is 0.161. The normalized spacial score (nSPS) is 30.4. The van der Waals surface area contributed by atoms with Crippen LogP contribution in [0, 0.1) is 5.92 Å². The Hall–Kier alpha value is -0.860. The van der Waals surface area contributed by atoms with E-state index in [2.05, 4.69) is 30.5 Å². The van der Waals surface area contributed by atoms with Crippen molar-refractivity contribution >= 4 is 0 Å². The standard InChI is InChI=1S/C15H23NO.C2H6/c1-3-12-7-8-13(9-12)15(17)14-6-4-5-11(2)10-16-14;1-2/h3,7-9,11,14-17H,4-6,10H2,1-2H3;1-2H3/b12-3-;. The highest BCUT2D eigenvalue weighted by molar-refractivity contribution is 5.47. The van der Waals surface area contributed by atoms with E-state index < -0.39 is 0 Å². The molecule has 2 N–H and O–H groups in total. The van der Waals surface area contributed by atoms with Crippen molar-refractivity contribution in [2.75, 3.05) is 6.54 Å². The molecule has 3 unspecified atom stereocenters. The molecular formula is C17H29NO. The van der Waals surface area contributed by atoms with Gasteiger partial charge in [-0.3, -0.25) is 0 Å². The number of aliphatic hydroxyl groups is 1. The molecule has 1 aliphatic heterocycles. The van der Waals surface area contributed by atoms with E-state index >= 15 is 0 Å². The molecule has 0 spiro atoms. The smallest absolute Gasteiger partial charge is 0.0943 e. The van der Waals surface area contributed by atoms with Crippen LogP contribution in [0.1, 0.15) is 47.0 Å². The fraction of sp³-hybridized carbons (Fsp3) is 0.647. The molecule has 2 rings (SSSR count). The molecule has 108 valence electrons. The Bertz CT molecular complexity index is 354. The number of rotatable bonds is 2. The fourth-order valence-electron chi connectivity index (χ4n) is 2.59. The molecule has 1 heterocycles. The van der Waals surface area contributed by atoms with Gasteiger partial charge in [-0.2, -0.15) is 0 Å². The monoisotopic (exact) mass is 263 g/mol. The average Bonchev–Trinajstić information content (AvgIpc) is 2.83. The summed E-state index contributed by atoms with van der Waals surface area (Å²) in [5.74, 6) is 0.728. The van der Waals surface area contributed by atoms with Crippen LogP contribution in [0.4, 0.5) is 0 Å². The predicted molar refractivity (Wildman–Crippen MR) is 83.1 cm³/mol. The zero-order valence-electron chi connectivity index (χ0n) is 12.8. The van der Waals surface area contributed by atoms with Crippen molar-refractivity contribution in [1.82, 2.24) is 5.32 Å². The maximum Gasteiger partial charge on any atom is 0.0943 e. The number of aliphatic hydroxyl groups excluding tert-OH is 1. The molecule has 0 aromatic rings. The molecule has 2 nitrogen and oxygen atoms in total. The maximum absolute atomic E-state index is 10.4. The van der Waals surface area contributed by atoms with Crippen molar-refractivity contribution in [3.05, 3.63) is 35.5 Å². The fourth-order valence-corrected chi connectivity index (χ4v) is 2.59. The second kappa shape index (κ2) is 8.34. The van der Waals surface area contributed by atoms with Crippen LogP contribution < -0.4 is 5.32 Å². The molecular weight excluding hydrogens is 234 g/mol. The summed E-state index contributed by atoms with van der Waals surface area (Å²) in [7, 11) is 0. The topological polar surface area (TPSA) is 32.3 Å². The summed E-state index contributed by atoms with van der Waals surface area (Å²) in [6.07, 6.45) is 11.4. The summed E-state index contributed by atoms with van der Waals surface area (Å²) >= 11 is 0. The van der Waals surface area contributed by atoms with Gasteiger partial charge >= 0.3 is 0 Å². The lowest BCUT2D eigenvalue weighted by Crippen LogP contribution is -2.40. The van der Waals surface area contributed by atoms with Gasteiger partial charge in [0.15, 0.2) is 0 Å². The molecule has 0 aromatic carbocycles. The number of hydrogen-bond donors (Lipinski definition) is 2. The minimum Gasteiger partial charge on any atom is -0.387 e. The van der Waals surface area contributed by atoms with Gasteiger partial charge in [-0.1, -0.05) is 45.4 Å². The molecule has 19 heavy (non-hydrogen) atoms. The van der Waals surface area contributed by atoms with Crippen LogP contribution in [0.3, 0.4) is 0 Å². The summed E-state index contributed by atoms with van der Waals surface area (Å²) in [6.45, 7) is 9.32. The highest BCUT2D eigenvalue weighted by Gasteiger charge is 2.25. The van der Waals surface area contributed by atoms with E-state index in [1.807, 2.05) is 26.8 Å². The van der Waals surface area contributed by atoms with Crippen LogP contribution in [-0.2, 0) is 0 Å². The highest BCUT2D eigenvalue weighted by Crippen LogP contribution is 2.23. The largest absolute Gasteiger partial charge is 0.387 e. The Morgan fingerprint density at radius 3 is 2.68 bits per heavy atom. The number of hydrogen-bond acceptors (Lipinski definition) is 2. The van der Waals surface area contributed by atoms with E-state index in [1.165, 1.54) is 18.4 Å². The van der Waals surface area contributed by atoms with E-state index in [0.29, 0.717) is 0 Å².